The highest BCUT2D eigenvalue weighted by atomic mass is 15.3. The average molecular weight is 283 g/mol. The van der Waals surface area contributed by atoms with E-state index in [2.05, 4.69) is 33.1 Å². The summed E-state index contributed by atoms with van der Waals surface area (Å²) in [5.41, 5.74) is 10.4. The molecule has 0 aromatic carbocycles. The zero-order valence-corrected chi connectivity index (χ0v) is 12.6. The van der Waals surface area contributed by atoms with Gasteiger partial charge in [0, 0.05) is 31.0 Å². The Morgan fingerprint density at radius 2 is 2.19 bits per heavy atom. The lowest BCUT2D eigenvalue weighted by atomic mass is 10.1. The zero-order valence-electron chi connectivity index (χ0n) is 12.6. The highest BCUT2D eigenvalue weighted by molar-refractivity contribution is 5.53. The van der Waals surface area contributed by atoms with Crippen LogP contribution in [0.25, 0.3) is 0 Å². The van der Waals surface area contributed by atoms with Crippen molar-refractivity contribution in [3.8, 4) is 0 Å². The van der Waals surface area contributed by atoms with Crippen molar-refractivity contribution < 1.29 is 0 Å². The van der Waals surface area contributed by atoms with Crippen molar-refractivity contribution in [3.63, 3.8) is 0 Å². The molecule has 1 fully saturated rings. The van der Waals surface area contributed by atoms with Gasteiger partial charge < -0.3 is 10.6 Å². The van der Waals surface area contributed by atoms with E-state index in [1.807, 2.05) is 25.4 Å². The molecular weight excluding hydrogens is 262 g/mol. The van der Waals surface area contributed by atoms with Crippen molar-refractivity contribution in [2.75, 3.05) is 11.4 Å². The first-order valence-electron chi connectivity index (χ1n) is 7.41. The van der Waals surface area contributed by atoms with Crippen LogP contribution in [0, 0.1) is 13.8 Å². The summed E-state index contributed by atoms with van der Waals surface area (Å²) in [7, 11) is 0. The van der Waals surface area contributed by atoms with E-state index in [-0.39, 0.29) is 0 Å². The summed E-state index contributed by atoms with van der Waals surface area (Å²) in [5.74, 6) is 0.937. The molecule has 110 valence electrons. The number of aromatic nitrogens is 3. The predicted molar refractivity (Wildman–Crippen MR) is 83.0 cm³/mol. The fourth-order valence-electron chi connectivity index (χ4n) is 3.06. The fraction of sp³-hybridized carbons (Fsp3) is 0.438. The highest BCUT2D eigenvalue weighted by Gasteiger charge is 2.29. The third kappa shape index (κ3) is 2.49. The highest BCUT2D eigenvalue weighted by Crippen LogP contribution is 2.36. The molecule has 1 aliphatic rings. The van der Waals surface area contributed by atoms with Crippen molar-refractivity contribution in [1.29, 1.82) is 0 Å². The Balaban J connectivity index is 2.02. The Kier molecular flexibility index (Phi) is 3.84. The van der Waals surface area contributed by atoms with Gasteiger partial charge in [0.15, 0.2) is 5.82 Å². The monoisotopic (exact) mass is 283 g/mol. The van der Waals surface area contributed by atoms with Crippen LogP contribution in [0.4, 0.5) is 5.82 Å². The molecule has 0 amide bonds. The van der Waals surface area contributed by atoms with Gasteiger partial charge in [0.2, 0.25) is 0 Å². The Morgan fingerprint density at radius 1 is 1.33 bits per heavy atom. The van der Waals surface area contributed by atoms with Gasteiger partial charge in [-0.25, -0.2) is 0 Å². The molecule has 0 bridgehead atoms. The van der Waals surface area contributed by atoms with Crippen LogP contribution in [0.3, 0.4) is 0 Å². The summed E-state index contributed by atoms with van der Waals surface area (Å²) in [5, 5.41) is 8.74. The maximum absolute atomic E-state index is 5.97. The lowest BCUT2D eigenvalue weighted by Crippen LogP contribution is -2.26. The average Bonchev–Trinajstić information content (AvgIpc) is 3.00. The van der Waals surface area contributed by atoms with E-state index < -0.39 is 0 Å². The number of hydrogen-bond donors (Lipinski definition) is 1. The van der Waals surface area contributed by atoms with E-state index in [0.717, 1.165) is 42.0 Å². The van der Waals surface area contributed by atoms with Gasteiger partial charge in [0.05, 0.1) is 11.7 Å². The van der Waals surface area contributed by atoms with Crippen LogP contribution >= 0.6 is 0 Å². The fourth-order valence-corrected chi connectivity index (χ4v) is 3.06. The normalized spacial score (nSPS) is 18.2. The topological polar surface area (TPSA) is 67.9 Å². The summed E-state index contributed by atoms with van der Waals surface area (Å²) in [4.78, 5) is 6.58. The standard InChI is InChI=1S/C16H21N5/c1-11-12(2)19-20-16(14(11)9-17)21-8-4-6-15(21)13-5-3-7-18-10-13/h3,5,7,10,15H,4,6,8-9,17H2,1-2H3. The Bertz CT molecular complexity index is 626. The SMILES string of the molecule is Cc1nnc(N2CCCC2c2cccnc2)c(CN)c1C. The van der Waals surface area contributed by atoms with Gasteiger partial charge in [-0.1, -0.05) is 6.07 Å². The molecule has 0 spiro atoms. The Labute approximate surface area is 125 Å². The second-order valence-corrected chi connectivity index (χ2v) is 5.55. The van der Waals surface area contributed by atoms with Gasteiger partial charge in [-0.3, -0.25) is 4.98 Å². The zero-order chi connectivity index (χ0) is 14.8. The smallest absolute Gasteiger partial charge is 0.156 e. The van der Waals surface area contributed by atoms with Crippen LogP contribution in [-0.4, -0.2) is 21.7 Å². The first-order chi connectivity index (χ1) is 10.2. The van der Waals surface area contributed by atoms with Gasteiger partial charge in [0.25, 0.3) is 0 Å². The van der Waals surface area contributed by atoms with Crippen LogP contribution < -0.4 is 10.6 Å². The van der Waals surface area contributed by atoms with E-state index in [4.69, 9.17) is 5.73 Å². The van der Waals surface area contributed by atoms with Crippen molar-refractivity contribution in [2.45, 2.75) is 39.3 Å². The van der Waals surface area contributed by atoms with Crippen LogP contribution in [0.5, 0.6) is 0 Å². The predicted octanol–water partition coefficient (Wildman–Crippen LogP) is 2.29. The summed E-state index contributed by atoms with van der Waals surface area (Å²) in [6.07, 6.45) is 6.02. The first-order valence-corrected chi connectivity index (χ1v) is 7.41. The van der Waals surface area contributed by atoms with E-state index >= 15 is 0 Å². The molecule has 3 rings (SSSR count). The quantitative estimate of drug-likeness (QED) is 0.936. The van der Waals surface area contributed by atoms with Crippen LogP contribution in [0.2, 0.25) is 0 Å². The van der Waals surface area contributed by atoms with Crippen molar-refractivity contribution in [1.82, 2.24) is 15.2 Å². The third-order valence-electron chi connectivity index (χ3n) is 4.36. The number of pyridine rings is 1. The van der Waals surface area contributed by atoms with Gasteiger partial charge in [0.1, 0.15) is 0 Å². The van der Waals surface area contributed by atoms with Gasteiger partial charge >= 0.3 is 0 Å². The number of aryl methyl sites for hydroxylation is 1. The number of nitrogens with zero attached hydrogens (tertiary/aromatic N) is 4. The summed E-state index contributed by atoms with van der Waals surface area (Å²) < 4.78 is 0. The Morgan fingerprint density at radius 3 is 2.90 bits per heavy atom. The lowest BCUT2D eigenvalue weighted by molar-refractivity contribution is 0.694. The molecule has 21 heavy (non-hydrogen) atoms. The van der Waals surface area contributed by atoms with Crippen molar-refractivity contribution in [3.05, 3.63) is 46.9 Å². The molecule has 1 aliphatic heterocycles. The largest absolute Gasteiger partial charge is 0.348 e. The number of rotatable bonds is 3. The van der Waals surface area contributed by atoms with E-state index in [9.17, 15) is 0 Å². The van der Waals surface area contributed by atoms with Gasteiger partial charge in [-0.15, -0.1) is 5.10 Å². The molecule has 0 radical (unpaired) electrons. The van der Waals surface area contributed by atoms with Crippen molar-refractivity contribution >= 4 is 5.82 Å². The van der Waals surface area contributed by atoms with Gasteiger partial charge in [-0.05, 0) is 43.9 Å². The number of hydrogen-bond acceptors (Lipinski definition) is 5. The van der Waals surface area contributed by atoms with Crippen molar-refractivity contribution in [2.24, 2.45) is 5.73 Å². The van der Waals surface area contributed by atoms with Crippen LogP contribution in [0.15, 0.2) is 24.5 Å². The maximum atomic E-state index is 5.97. The summed E-state index contributed by atoms with van der Waals surface area (Å²) >= 11 is 0. The first kappa shape index (κ1) is 13.9. The van der Waals surface area contributed by atoms with Gasteiger partial charge in [-0.2, -0.15) is 5.10 Å². The molecule has 0 saturated carbocycles. The molecule has 1 saturated heterocycles. The minimum atomic E-state index is 0.320. The third-order valence-corrected chi connectivity index (χ3v) is 4.36. The maximum Gasteiger partial charge on any atom is 0.156 e. The minimum Gasteiger partial charge on any atom is -0.348 e. The molecule has 5 heteroatoms. The number of nitrogens with two attached hydrogens (primary N) is 1. The lowest BCUT2D eigenvalue weighted by Gasteiger charge is -2.28. The molecule has 1 atom stereocenters. The molecule has 2 aromatic heterocycles. The molecule has 2 aromatic rings. The molecule has 0 aliphatic carbocycles. The molecule has 3 heterocycles. The summed E-state index contributed by atoms with van der Waals surface area (Å²) in [6.45, 7) is 5.54. The number of anilines is 1. The van der Waals surface area contributed by atoms with Crippen LogP contribution in [-0.2, 0) is 6.54 Å². The van der Waals surface area contributed by atoms with E-state index in [0.29, 0.717) is 12.6 Å². The Hall–Kier alpha value is -2.01. The van der Waals surface area contributed by atoms with E-state index in [1.165, 1.54) is 5.56 Å². The molecule has 5 nitrogen and oxygen atoms in total. The second kappa shape index (κ2) is 5.77. The molecular formula is C16H21N5. The molecule has 1 unspecified atom stereocenters. The van der Waals surface area contributed by atoms with E-state index in [1.54, 1.807) is 0 Å². The minimum absolute atomic E-state index is 0.320. The second-order valence-electron chi connectivity index (χ2n) is 5.55. The van der Waals surface area contributed by atoms with Crippen LogP contribution in [0.1, 0.15) is 41.3 Å². The summed E-state index contributed by atoms with van der Waals surface area (Å²) in [6, 6.07) is 4.44. The molecule has 2 N–H and O–H groups in total.